The minimum Gasteiger partial charge on any atom is -0.356 e. The molecule has 4 nitrogen and oxygen atoms in total. The first-order valence-corrected chi connectivity index (χ1v) is 5.32. The molecule has 86 valence electrons. The molecule has 2 amide bonds. The van der Waals surface area contributed by atoms with Gasteiger partial charge in [-0.2, -0.15) is 0 Å². The molecule has 0 aliphatic carbocycles. The number of amides is 2. The van der Waals surface area contributed by atoms with Crippen LogP contribution in [0.5, 0.6) is 0 Å². The van der Waals surface area contributed by atoms with Gasteiger partial charge in [-0.15, -0.1) is 0 Å². The van der Waals surface area contributed by atoms with Gasteiger partial charge >= 0.3 is 0 Å². The molecule has 0 saturated heterocycles. The molecule has 0 aromatic heterocycles. The molecule has 0 fully saturated rings. The van der Waals surface area contributed by atoms with Gasteiger partial charge < -0.3 is 10.6 Å². The van der Waals surface area contributed by atoms with Gasteiger partial charge in [-0.25, -0.2) is 0 Å². The SMILES string of the molecule is CCCNC(=O)Cc1cccc(NC=O)c1. The Morgan fingerprint density at radius 2 is 2.25 bits per heavy atom. The minimum atomic E-state index is 0.00473. The summed E-state index contributed by atoms with van der Waals surface area (Å²) in [7, 11) is 0. The van der Waals surface area contributed by atoms with Crippen LogP contribution < -0.4 is 10.6 Å². The second-order valence-electron chi connectivity index (χ2n) is 3.49. The zero-order valence-corrected chi connectivity index (χ0v) is 9.32. The van der Waals surface area contributed by atoms with Crippen molar-refractivity contribution in [1.82, 2.24) is 5.32 Å². The summed E-state index contributed by atoms with van der Waals surface area (Å²) in [4.78, 5) is 21.7. The molecule has 4 heteroatoms. The van der Waals surface area contributed by atoms with Crippen molar-refractivity contribution in [3.05, 3.63) is 29.8 Å². The van der Waals surface area contributed by atoms with Crippen molar-refractivity contribution in [2.45, 2.75) is 19.8 Å². The highest BCUT2D eigenvalue weighted by Gasteiger charge is 2.02. The predicted molar refractivity (Wildman–Crippen MR) is 63.1 cm³/mol. The van der Waals surface area contributed by atoms with E-state index in [9.17, 15) is 9.59 Å². The molecule has 1 aromatic rings. The van der Waals surface area contributed by atoms with Crippen LogP contribution in [0.25, 0.3) is 0 Å². The summed E-state index contributed by atoms with van der Waals surface area (Å²) in [5.74, 6) is 0.00473. The number of hydrogen-bond acceptors (Lipinski definition) is 2. The molecule has 0 unspecified atom stereocenters. The Kier molecular flexibility index (Phi) is 5.05. The summed E-state index contributed by atoms with van der Waals surface area (Å²) in [5.41, 5.74) is 1.59. The molecular weight excluding hydrogens is 204 g/mol. The third kappa shape index (κ3) is 4.13. The Labute approximate surface area is 95.0 Å². The van der Waals surface area contributed by atoms with Crippen molar-refractivity contribution in [3.8, 4) is 0 Å². The molecular formula is C12H16N2O2. The largest absolute Gasteiger partial charge is 0.356 e. The third-order valence-corrected chi connectivity index (χ3v) is 2.09. The first-order chi connectivity index (χ1) is 7.76. The Bertz CT molecular complexity index is 364. The van der Waals surface area contributed by atoms with Gasteiger partial charge in [-0.05, 0) is 24.1 Å². The van der Waals surface area contributed by atoms with Crippen LogP contribution in [0.2, 0.25) is 0 Å². The fourth-order valence-electron chi connectivity index (χ4n) is 1.35. The lowest BCUT2D eigenvalue weighted by Crippen LogP contribution is -2.25. The van der Waals surface area contributed by atoms with Crippen LogP contribution in [-0.4, -0.2) is 18.9 Å². The molecule has 0 atom stereocenters. The van der Waals surface area contributed by atoms with Gasteiger partial charge in [0.25, 0.3) is 0 Å². The van der Waals surface area contributed by atoms with Crippen LogP contribution in [0.4, 0.5) is 5.69 Å². The van der Waals surface area contributed by atoms with Crippen molar-refractivity contribution < 1.29 is 9.59 Å². The Balaban J connectivity index is 2.55. The highest BCUT2D eigenvalue weighted by molar-refractivity contribution is 5.79. The maximum Gasteiger partial charge on any atom is 0.224 e. The first kappa shape index (κ1) is 12.2. The van der Waals surface area contributed by atoms with Gasteiger partial charge in [0.05, 0.1) is 6.42 Å². The number of anilines is 1. The number of benzene rings is 1. The summed E-state index contributed by atoms with van der Waals surface area (Å²) in [6, 6.07) is 7.25. The fraction of sp³-hybridized carbons (Fsp3) is 0.333. The monoisotopic (exact) mass is 220 g/mol. The zero-order valence-electron chi connectivity index (χ0n) is 9.32. The average molecular weight is 220 g/mol. The van der Waals surface area contributed by atoms with Gasteiger partial charge in [0.2, 0.25) is 12.3 Å². The van der Waals surface area contributed by atoms with Crippen LogP contribution >= 0.6 is 0 Å². The van der Waals surface area contributed by atoms with Crippen LogP contribution in [-0.2, 0) is 16.0 Å². The number of nitrogens with one attached hydrogen (secondary N) is 2. The van der Waals surface area contributed by atoms with E-state index in [0.29, 0.717) is 25.1 Å². The van der Waals surface area contributed by atoms with Crippen molar-refractivity contribution in [2.24, 2.45) is 0 Å². The van der Waals surface area contributed by atoms with Gasteiger partial charge in [0.1, 0.15) is 0 Å². The van der Waals surface area contributed by atoms with E-state index < -0.39 is 0 Å². The number of hydrogen-bond donors (Lipinski definition) is 2. The van der Waals surface area contributed by atoms with E-state index in [4.69, 9.17) is 0 Å². The Hall–Kier alpha value is -1.84. The molecule has 16 heavy (non-hydrogen) atoms. The molecule has 0 saturated carbocycles. The first-order valence-electron chi connectivity index (χ1n) is 5.32. The van der Waals surface area contributed by atoms with Crippen molar-refractivity contribution >= 4 is 18.0 Å². The van der Waals surface area contributed by atoms with Crippen molar-refractivity contribution in [2.75, 3.05) is 11.9 Å². The Morgan fingerprint density at radius 1 is 1.44 bits per heavy atom. The molecule has 1 rings (SSSR count). The van der Waals surface area contributed by atoms with E-state index in [1.54, 1.807) is 12.1 Å². The number of carbonyl (C=O) groups is 2. The summed E-state index contributed by atoms with van der Waals surface area (Å²) in [5, 5.41) is 5.36. The predicted octanol–water partition coefficient (Wildman–Crippen LogP) is 1.32. The van der Waals surface area contributed by atoms with Crippen LogP contribution in [0.1, 0.15) is 18.9 Å². The van der Waals surface area contributed by atoms with Gasteiger partial charge in [0.15, 0.2) is 0 Å². The second-order valence-corrected chi connectivity index (χ2v) is 3.49. The van der Waals surface area contributed by atoms with E-state index in [2.05, 4.69) is 10.6 Å². The van der Waals surface area contributed by atoms with E-state index in [0.717, 1.165) is 12.0 Å². The molecule has 1 aromatic carbocycles. The molecule has 0 aliphatic heterocycles. The lowest BCUT2D eigenvalue weighted by molar-refractivity contribution is -0.120. The number of rotatable bonds is 6. The van der Waals surface area contributed by atoms with Crippen LogP contribution in [0, 0.1) is 0 Å². The number of carbonyl (C=O) groups excluding carboxylic acids is 2. The maximum atomic E-state index is 11.4. The summed E-state index contributed by atoms with van der Waals surface area (Å²) in [6.07, 6.45) is 1.89. The highest BCUT2D eigenvalue weighted by atomic mass is 16.1. The zero-order chi connectivity index (χ0) is 11.8. The van der Waals surface area contributed by atoms with Gasteiger partial charge in [-0.1, -0.05) is 19.1 Å². The molecule has 2 N–H and O–H groups in total. The topological polar surface area (TPSA) is 58.2 Å². The Morgan fingerprint density at radius 3 is 2.94 bits per heavy atom. The van der Waals surface area contributed by atoms with Crippen molar-refractivity contribution in [3.63, 3.8) is 0 Å². The lowest BCUT2D eigenvalue weighted by Gasteiger charge is -2.05. The van der Waals surface area contributed by atoms with E-state index in [1.807, 2.05) is 19.1 Å². The molecule has 0 radical (unpaired) electrons. The minimum absolute atomic E-state index is 0.00473. The standard InChI is InChI=1S/C12H16N2O2/c1-2-6-13-12(16)8-10-4-3-5-11(7-10)14-9-15/h3-5,7,9H,2,6,8H2,1H3,(H,13,16)(H,14,15). The van der Waals surface area contributed by atoms with E-state index in [1.165, 1.54) is 0 Å². The highest BCUT2D eigenvalue weighted by Crippen LogP contribution is 2.10. The summed E-state index contributed by atoms with van der Waals surface area (Å²) < 4.78 is 0. The van der Waals surface area contributed by atoms with E-state index in [-0.39, 0.29) is 5.91 Å². The fourth-order valence-corrected chi connectivity index (χ4v) is 1.35. The quantitative estimate of drug-likeness (QED) is 0.710. The van der Waals surface area contributed by atoms with Gasteiger partial charge in [-0.3, -0.25) is 9.59 Å². The van der Waals surface area contributed by atoms with Crippen LogP contribution in [0.3, 0.4) is 0 Å². The maximum absolute atomic E-state index is 11.4. The van der Waals surface area contributed by atoms with Gasteiger partial charge in [0, 0.05) is 12.2 Å². The summed E-state index contributed by atoms with van der Waals surface area (Å²) in [6.45, 7) is 2.71. The molecule has 0 aliphatic rings. The summed E-state index contributed by atoms with van der Waals surface area (Å²) >= 11 is 0. The lowest BCUT2D eigenvalue weighted by atomic mass is 10.1. The van der Waals surface area contributed by atoms with Crippen LogP contribution in [0.15, 0.2) is 24.3 Å². The smallest absolute Gasteiger partial charge is 0.224 e. The van der Waals surface area contributed by atoms with E-state index >= 15 is 0 Å². The third-order valence-electron chi connectivity index (χ3n) is 2.09. The molecule has 0 bridgehead atoms. The molecule has 0 spiro atoms. The molecule has 0 heterocycles. The second kappa shape index (κ2) is 6.61. The average Bonchev–Trinajstić information content (AvgIpc) is 2.27. The normalized spacial score (nSPS) is 9.56. The van der Waals surface area contributed by atoms with Crippen molar-refractivity contribution in [1.29, 1.82) is 0 Å².